The van der Waals surface area contributed by atoms with E-state index < -0.39 is 74.9 Å². The summed E-state index contributed by atoms with van der Waals surface area (Å²) in [5, 5.41) is 10.7. The zero-order chi connectivity index (χ0) is 26.5. The van der Waals surface area contributed by atoms with E-state index in [1.807, 2.05) is 0 Å². The lowest BCUT2D eigenvalue weighted by Gasteiger charge is -2.50. The number of carbonyl (C=O) groups excluding carboxylic acids is 4. The fraction of sp³-hybridized carbons (Fsp3) is 0.478. The van der Waals surface area contributed by atoms with Gasteiger partial charge >= 0.3 is 6.36 Å². The number of ether oxygens (including phenoxy) is 1. The third kappa shape index (κ3) is 3.08. The first-order valence-corrected chi connectivity index (χ1v) is 11.7. The molecule has 1 aromatic rings. The van der Waals surface area contributed by atoms with E-state index in [4.69, 9.17) is 23.2 Å². The highest BCUT2D eigenvalue weighted by atomic mass is 35.5. The Morgan fingerprint density at radius 2 is 1.69 bits per heavy atom. The number of phenols is 1. The number of rotatable bonds is 2. The van der Waals surface area contributed by atoms with Crippen molar-refractivity contribution >= 4 is 46.8 Å². The van der Waals surface area contributed by atoms with Gasteiger partial charge in [-0.15, -0.1) is 36.4 Å². The number of hydrogen-bond donors (Lipinski definition) is 1. The van der Waals surface area contributed by atoms with Gasteiger partial charge in [-0.1, -0.05) is 11.6 Å². The number of halogens is 5. The Morgan fingerprint density at radius 1 is 1.03 bits per heavy atom. The van der Waals surface area contributed by atoms with E-state index in [0.717, 1.165) is 28.0 Å². The predicted octanol–water partition coefficient (Wildman–Crippen LogP) is 2.91. The van der Waals surface area contributed by atoms with E-state index in [9.17, 15) is 37.5 Å². The van der Waals surface area contributed by atoms with Crippen molar-refractivity contribution in [1.82, 2.24) is 9.80 Å². The number of imide groups is 2. The molecule has 36 heavy (non-hydrogen) atoms. The number of benzene rings is 1. The number of likely N-dealkylation sites (tertiary alicyclic amines) is 2. The summed E-state index contributed by atoms with van der Waals surface area (Å²) < 4.78 is 42.8. The van der Waals surface area contributed by atoms with E-state index in [2.05, 4.69) is 4.74 Å². The summed E-state index contributed by atoms with van der Waals surface area (Å²) in [5.41, 5.74) is 0.114. The second-order valence-corrected chi connectivity index (χ2v) is 10.7. The number of allylic oxidation sites excluding steroid dienone is 2. The van der Waals surface area contributed by atoms with Crippen LogP contribution in [0.3, 0.4) is 0 Å². The van der Waals surface area contributed by atoms with Crippen molar-refractivity contribution in [1.29, 1.82) is 0 Å². The minimum absolute atomic E-state index is 0.0989. The molecule has 1 saturated carbocycles. The molecule has 1 N–H and O–H groups in total. The van der Waals surface area contributed by atoms with Crippen molar-refractivity contribution < 1.29 is 42.2 Å². The van der Waals surface area contributed by atoms with Crippen LogP contribution in [-0.4, -0.2) is 68.7 Å². The largest absolute Gasteiger partial charge is 0.573 e. The van der Waals surface area contributed by atoms with Crippen LogP contribution in [0.1, 0.15) is 24.3 Å². The van der Waals surface area contributed by atoms with Crippen LogP contribution in [0, 0.1) is 17.8 Å². The molecule has 8 nitrogen and oxygen atoms in total. The van der Waals surface area contributed by atoms with Crippen LogP contribution < -0.4 is 4.74 Å². The number of aromatic hydroxyl groups is 1. The Hall–Kier alpha value is -2.79. The molecule has 0 bridgehead atoms. The van der Waals surface area contributed by atoms with E-state index in [-0.39, 0.29) is 18.4 Å². The van der Waals surface area contributed by atoms with Crippen LogP contribution in [0.2, 0.25) is 0 Å². The number of nitrogens with zero attached hydrogens (tertiary/aromatic N) is 2. The number of fused-ring (bicyclic) bond motifs is 4. The minimum Gasteiger partial charge on any atom is -0.508 e. The van der Waals surface area contributed by atoms with Gasteiger partial charge in [-0.25, -0.2) is 0 Å². The third-order valence-corrected chi connectivity index (χ3v) is 9.19. The molecule has 192 valence electrons. The summed E-state index contributed by atoms with van der Waals surface area (Å²) in [4.78, 5) is 49.8. The van der Waals surface area contributed by atoms with Crippen molar-refractivity contribution in [2.75, 3.05) is 14.1 Å². The maximum Gasteiger partial charge on any atom is 0.573 e. The van der Waals surface area contributed by atoms with Crippen LogP contribution in [0.15, 0.2) is 29.8 Å². The summed E-state index contributed by atoms with van der Waals surface area (Å²) in [6, 6.07) is 2.72. The number of carbonyl (C=O) groups is 4. The molecular weight excluding hydrogens is 528 g/mol. The first-order valence-electron chi connectivity index (χ1n) is 10.9. The molecule has 1 aromatic carbocycles. The molecule has 0 radical (unpaired) electrons. The molecule has 3 fully saturated rings. The van der Waals surface area contributed by atoms with Gasteiger partial charge in [-0.05, 0) is 37.0 Å². The van der Waals surface area contributed by atoms with Gasteiger partial charge in [0.25, 0.3) is 11.8 Å². The zero-order valence-electron chi connectivity index (χ0n) is 18.8. The van der Waals surface area contributed by atoms with Crippen molar-refractivity contribution in [3.63, 3.8) is 0 Å². The summed E-state index contributed by atoms with van der Waals surface area (Å²) in [6.07, 6.45) is -3.60. The summed E-state index contributed by atoms with van der Waals surface area (Å²) in [7, 11) is 2.52. The highest BCUT2D eigenvalue weighted by molar-refractivity contribution is 6.53. The van der Waals surface area contributed by atoms with Crippen LogP contribution in [0.4, 0.5) is 13.2 Å². The molecule has 2 aliphatic heterocycles. The average Bonchev–Trinajstić information content (AvgIpc) is 3.09. The molecule has 0 aromatic heterocycles. The van der Waals surface area contributed by atoms with Crippen molar-refractivity contribution in [2.45, 2.75) is 34.9 Å². The third-order valence-electron chi connectivity index (χ3n) is 7.78. The summed E-state index contributed by atoms with van der Waals surface area (Å²) >= 11 is 13.8. The lowest BCUT2D eigenvalue weighted by atomic mass is 9.56. The predicted molar refractivity (Wildman–Crippen MR) is 118 cm³/mol. The van der Waals surface area contributed by atoms with Gasteiger partial charge in [0.2, 0.25) is 11.8 Å². The Labute approximate surface area is 212 Å². The second kappa shape index (κ2) is 7.61. The Morgan fingerprint density at radius 3 is 2.33 bits per heavy atom. The smallest absolute Gasteiger partial charge is 0.508 e. The highest BCUT2D eigenvalue weighted by Crippen LogP contribution is 2.66. The molecule has 5 rings (SSSR count). The molecule has 13 heteroatoms. The Balaban J connectivity index is 1.75. The van der Waals surface area contributed by atoms with Crippen molar-refractivity contribution in [2.24, 2.45) is 17.8 Å². The Kier molecular flexibility index (Phi) is 5.26. The average molecular weight is 547 g/mol. The second-order valence-electron chi connectivity index (χ2n) is 9.50. The summed E-state index contributed by atoms with van der Waals surface area (Å²) in [6.45, 7) is 0. The maximum absolute atomic E-state index is 13.4. The molecule has 6 atom stereocenters. The van der Waals surface area contributed by atoms with Crippen LogP contribution >= 0.6 is 23.2 Å². The lowest BCUT2D eigenvalue weighted by Crippen LogP contribution is -2.60. The molecule has 4 amide bonds. The van der Waals surface area contributed by atoms with Gasteiger partial charge in [-0.2, -0.15) is 0 Å². The number of phenolic OH excluding ortho intramolecular Hbond substituents is 1. The normalized spacial score (nSPS) is 36.0. The van der Waals surface area contributed by atoms with Gasteiger partial charge in [0.05, 0.1) is 11.8 Å². The van der Waals surface area contributed by atoms with Crippen LogP contribution in [-0.2, 0) is 19.2 Å². The van der Waals surface area contributed by atoms with Gasteiger partial charge in [0.15, 0.2) is 9.75 Å². The van der Waals surface area contributed by atoms with Gasteiger partial charge < -0.3 is 9.84 Å². The van der Waals surface area contributed by atoms with Crippen molar-refractivity contribution in [3.8, 4) is 11.5 Å². The summed E-state index contributed by atoms with van der Waals surface area (Å²) in [5.74, 6) is -7.72. The monoisotopic (exact) mass is 546 g/mol. The fourth-order valence-corrected chi connectivity index (χ4v) is 7.22. The highest BCUT2D eigenvalue weighted by Gasteiger charge is 2.76. The quantitative estimate of drug-likeness (QED) is 0.347. The van der Waals surface area contributed by atoms with Crippen LogP contribution in [0.25, 0.3) is 0 Å². The number of alkyl halides is 5. The van der Waals surface area contributed by atoms with E-state index >= 15 is 0 Å². The van der Waals surface area contributed by atoms with E-state index in [1.165, 1.54) is 14.1 Å². The number of amides is 4. The van der Waals surface area contributed by atoms with Gasteiger partial charge in [0, 0.05) is 25.6 Å². The standard InChI is InChI=1S/C23H19Cl2F3N2O6/c1-29-17(32)11-5-4-10-13(15(11)18(29)33)8-21(24)19(34)30(2)20(35)22(21,25)16(10)12-7-9(3-6-14(12)31)36-23(26,27)28/h3-4,6-7,11,13,15-16,31H,5,8H2,1-2H3. The van der Waals surface area contributed by atoms with Crippen molar-refractivity contribution in [3.05, 3.63) is 35.4 Å². The molecule has 0 spiro atoms. The molecule has 6 unspecified atom stereocenters. The first kappa shape index (κ1) is 24.9. The molecule has 2 heterocycles. The molecule has 2 saturated heterocycles. The van der Waals surface area contributed by atoms with E-state index in [1.54, 1.807) is 6.08 Å². The number of hydrogen-bond acceptors (Lipinski definition) is 6. The lowest BCUT2D eigenvalue weighted by molar-refractivity contribution is -0.274. The Bertz CT molecular complexity index is 1270. The maximum atomic E-state index is 13.4. The van der Waals surface area contributed by atoms with Gasteiger partial charge in [-0.3, -0.25) is 29.0 Å². The molecular formula is C23H19Cl2F3N2O6. The van der Waals surface area contributed by atoms with Gasteiger partial charge in [0.1, 0.15) is 11.5 Å². The molecule has 2 aliphatic carbocycles. The molecule has 4 aliphatic rings. The SMILES string of the molecule is CN1C(=O)C2CC=C3C(CC4(Cl)C(=O)N(C)C(=O)C4(Cl)C3c3cc(OC(F)(F)F)ccc3O)C2C1=O. The first-order chi connectivity index (χ1) is 16.6. The minimum atomic E-state index is -5.05. The zero-order valence-corrected chi connectivity index (χ0v) is 20.3. The topological polar surface area (TPSA) is 104 Å². The van der Waals surface area contributed by atoms with E-state index in [0.29, 0.717) is 5.57 Å². The van der Waals surface area contributed by atoms with Crippen LogP contribution in [0.5, 0.6) is 11.5 Å². The fourth-order valence-electron chi connectivity index (χ4n) is 6.21.